The van der Waals surface area contributed by atoms with Crippen molar-refractivity contribution >= 4 is 11.4 Å². The van der Waals surface area contributed by atoms with Gasteiger partial charge in [0.25, 0.3) is 0 Å². The number of para-hydroxylation sites is 2. The van der Waals surface area contributed by atoms with Crippen LogP contribution < -0.4 is 10.6 Å². The fourth-order valence-corrected chi connectivity index (χ4v) is 3.16. The van der Waals surface area contributed by atoms with E-state index in [4.69, 9.17) is 0 Å². The molecule has 0 amide bonds. The highest BCUT2D eigenvalue weighted by atomic mass is 15.0. The summed E-state index contributed by atoms with van der Waals surface area (Å²) in [5.41, 5.74) is 6.24. The highest BCUT2D eigenvalue weighted by Crippen LogP contribution is 2.32. The highest BCUT2D eigenvalue weighted by molar-refractivity contribution is 5.70. The largest absolute Gasteiger partial charge is 0.383 e. The Labute approximate surface area is 137 Å². The number of benzene rings is 3. The van der Waals surface area contributed by atoms with Gasteiger partial charge in [-0.1, -0.05) is 66.7 Å². The van der Waals surface area contributed by atoms with Crippen LogP contribution in [0.1, 0.15) is 18.0 Å². The van der Waals surface area contributed by atoms with Crippen molar-refractivity contribution in [1.29, 1.82) is 0 Å². The maximum absolute atomic E-state index is 3.67. The lowest BCUT2D eigenvalue weighted by Gasteiger charge is -2.18. The zero-order valence-corrected chi connectivity index (χ0v) is 13.0. The van der Waals surface area contributed by atoms with Crippen molar-refractivity contribution in [2.75, 3.05) is 17.2 Å². The summed E-state index contributed by atoms with van der Waals surface area (Å²) in [6.45, 7) is 0.981. The van der Waals surface area contributed by atoms with E-state index < -0.39 is 0 Å². The Hall–Kier alpha value is -2.74. The van der Waals surface area contributed by atoms with E-state index in [1.54, 1.807) is 0 Å². The number of anilines is 2. The Bertz CT molecular complexity index is 778. The van der Waals surface area contributed by atoms with Crippen LogP contribution in [0.2, 0.25) is 0 Å². The molecule has 114 valence electrons. The second-order valence-electron chi connectivity index (χ2n) is 5.95. The van der Waals surface area contributed by atoms with Crippen molar-refractivity contribution in [3.8, 4) is 11.1 Å². The number of hydrogen-bond donors (Lipinski definition) is 2. The van der Waals surface area contributed by atoms with Crippen LogP contribution >= 0.6 is 0 Å². The van der Waals surface area contributed by atoms with Crippen LogP contribution in [0, 0.1) is 0 Å². The van der Waals surface area contributed by atoms with Gasteiger partial charge >= 0.3 is 0 Å². The molecular weight excluding hydrogens is 280 g/mol. The molecule has 0 saturated carbocycles. The minimum absolute atomic E-state index is 0.343. The van der Waals surface area contributed by atoms with Crippen LogP contribution in [0.15, 0.2) is 78.9 Å². The third kappa shape index (κ3) is 2.93. The molecule has 1 aliphatic heterocycles. The Balaban J connectivity index is 1.59. The Morgan fingerprint density at radius 1 is 0.652 bits per heavy atom. The summed E-state index contributed by atoms with van der Waals surface area (Å²) < 4.78 is 0. The van der Waals surface area contributed by atoms with Crippen LogP contribution in [0.5, 0.6) is 0 Å². The van der Waals surface area contributed by atoms with Crippen LogP contribution in [-0.2, 0) is 0 Å². The van der Waals surface area contributed by atoms with E-state index in [9.17, 15) is 0 Å². The van der Waals surface area contributed by atoms with E-state index in [0.29, 0.717) is 6.04 Å². The third-order valence-electron chi connectivity index (χ3n) is 4.43. The lowest BCUT2D eigenvalue weighted by atomic mass is 9.99. The van der Waals surface area contributed by atoms with Crippen molar-refractivity contribution in [3.05, 3.63) is 84.4 Å². The first-order chi connectivity index (χ1) is 11.4. The summed E-state index contributed by atoms with van der Waals surface area (Å²) in [6.07, 6.45) is 1.07. The van der Waals surface area contributed by atoms with Crippen LogP contribution in [0.25, 0.3) is 11.1 Å². The van der Waals surface area contributed by atoms with Gasteiger partial charge < -0.3 is 10.6 Å². The lowest BCUT2D eigenvalue weighted by molar-refractivity contribution is 0.732. The first kappa shape index (κ1) is 13.9. The van der Waals surface area contributed by atoms with Gasteiger partial charge in [0.2, 0.25) is 0 Å². The Kier molecular flexibility index (Phi) is 3.73. The number of rotatable bonds is 2. The molecule has 23 heavy (non-hydrogen) atoms. The first-order valence-electron chi connectivity index (χ1n) is 8.15. The molecule has 2 nitrogen and oxygen atoms in total. The van der Waals surface area contributed by atoms with Gasteiger partial charge in [-0.2, -0.15) is 0 Å². The van der Waals surface area contributed by atoms with Crippen LogP contribution in [0.4, 0.5) is 11.4 Å². The molecule has 2 N–H and O–H groups in total. The van der Waals surface area contributed by atoms with Crippen LogP contribution in [-0.4, -0.2) is 6.54 Å². The molecule has 1 heterocycles. The van der Waals surface area contributed by atoms with Gasteiger partial charge in [0, 0.05) is 6.54 Å². The second kappa shape index (κ2) is 6.17. The Morgan fingerprint density at radius 3 is 2.09 bits per heavy atom. The van der Waals surface area contributed by atoms with Gasteiger partial charge in [0.15, 0.2) is 0 Å². The van der Waals surface area contributed by atoms with E-state index in [1.807, 2.05) is 0 Å². The van der Waals surface area contributed by atoms with Crippen molar-refractivity contribution in [2.24, 2.45) is 0 Å². The predicted molar refractivity (Wildman–Crippen MR) is 97.8 cm³/mol. The minimum Gasteiger partial charge on any atom is -0.383 e. The quantitative estimate of drug-likeness (QED) is 0.669. The fraction of sp³-hybridized carbons (Fsp3) is 0.143. The number of nitrogens with one attached hydrogen (secondary N) is 2. The summed E-state index contributed by atoms with van der Waals surface area (Å²) in [5.74, 6) is 0. The number of hydrogen-bond acceptors (Lipinski definition) is 2. The third-order valence-corrected chi connectivity index (χ3v) is 4.43. The molecule has 0 aliphatic carbocycles. The molecule has 0 saturated heterocycles. The van der Waals surface area contributed by atoms with Crippen LogP contribution in [0.3, 0.4) is 0 Å². The van der Waals surface area contributed by atoms with E-state index in [-0.39, 0.29) is 0 Å². The molecule has 0 spiro atoms. The molecule has 0 fully saturated rings. The SMILES string of the molecule is c1ccc(-c2ccc([C@@H]3CCNc4ccccc4N3)cc2)cc1. The zero-order chi connectivity index (χ0) is 15.5. The standard InChI is InChI=1S/C21H20N2/c1-2-6-16(7-3-1)17-10-12-18(13-11-17)19-14-15-22-20-8-4-5-9-21(20)23-19/h1-13,19,22-23H,14-15H2/t19-/m0/s1. The second-order valence-corrected chi connectivity index (χ2v) is 5.95. The molecule has 0 radical (unpaired) electrons. The summed E-state index contributed by atoms with van der Waals surface area (Å²) in [6, 6.07) is 28.2. The monoisotopic (exact) mass is 300 g/mol. The average molecular weight is 300 g/mol. The highest BCUT2D eigenvalue weighted by Gasteiger charge is 2.16. The first-order valence-corrected chi connectivity index (χ1v) is 8.15. The molecule has 3 aromatic rings. The maximum atomic E-state index is 3.67. The molecule has 2 heteroatoms. The van der Waals surface area contributed by atoms with Gasteiger partial charge in [0.05, 0.1) is 17.4 Å². The summed E-state index contributed by atoms with van der Waals surface area (Å²) in [7, 11) is 0. The van der Waals surface area contributed by atoms with E-state index in [0.717, 1.165) is 13.0 Å². The fourth-order valence-electron chi connectivity index (χ4n) is 3.16. The predicted octanol–water partition coefficient (Wildman–Crippen LogP) is 5.32. The van der Waals surface area contributed by atoms with Crippen molar-refractivity contribution < 1.29 is 0 Å². The zero-order valence-electron chi connectivity index (χ0n) is 13.0. The molecule has 0 aromatic heterocycles. The minimum atomic E-state index is 0.343. The van der Waals surface area contributed by atoms with Crippen molar-refractivity contribution in [3.63, 3.8) is 0 Å². The summed E-state index contributed by atoms with van der Waals surface area (Å²) in [5, 5.41) is 7.17. The normalized spacial score (nSPS) is 16.6. The van der Waals surface area contributed by atoms with Gasteiger partial charge in [-0.15, -0.1) is 0 Å². The smallest absolute Gasteiger partial charge is 0.0580 e. The molecule has 3 aromatic carbocycles. The maximum Gasteiger partial charge on any atom is 0.0580 e. The Morgan fingerprint density at radius 2 is 1.30 bits per heavy atom. The topological polar surface area (TPSA) is 24.1 Å². The number of fused-ring (bicyclic) bond motifs is 1. The van der Waals surface area contributed by atoms with Gasteiger partial charge in [-0.25, -0.2) is 0 Å². The average Bonchev–Trinajstić information content (AvgIpc) is 2.85. The lowest BCUT2D eigenvalue weighted by Crippen LogP contribution is -2.10. The summed E-state index contributed by atoms with van der Waals surface area (Å²) >= 11 is 0. The van der Waals surface area contributed by atoms with Crippen molar-refractivity contribution in [2.45, 2.75) is 12.5 Å². The molecular formula is C21H20N2. The van der Waals surface area contributed by atoms with E-state index in [2.05, 4.69) is 89.5 Å². The molecule has 1 aliphatic rings. The van der Waals surface area contributed by atoms with Gasteiger partial charge in [-0.05, 0) is 35.2 Å². The summed E-state index contributed by atoms with van der Waals surface area (Å²) in [4.78, 5) is 0. The van der Waals surface area contributed by atoms with Gasteiger partial charge in [-0.3, -0.25) is 0 Å². The van der Waals surface area contributed by atoms with E-state index in [1.165, 1.54) is 28.1 Å². The molecule has 0 bridgehead atoms. The molecule has 4 rings (SSSR count). The van der Waals surface area contributed by atoms with E-state index >= 15 is 0 Å². The molecule has 1 atom stereocenters. The molecule has 0 unspecified atom stereocenters. The van der Waals surface area contributed by atoms with Crippen molar-refractivity contribution in [1.82, 2.24) is 0 Å². The van der Waals surface area contributed by atoms with Gasteiger partial charge in [0.1, 0.15) is 0 Å².